The van der Waals surface area contributed by atoms with E-state index in [1.165, 1.54) is 23.1 Å². The lowest BCUT2D eigenvalue weighted by Gasteiger charge is -2.43. The summed E-state index contributed by atoms with van der Waals surface area (Å²) < 4.78 is 3.31. The number of nitrogens with zero attached hydrogens (tertiary/aromatic N) is 6. The summed E-state index contributed by atoms with van der Waals surface area (Å²) in [5.74, 6) is 1.51. The van der Waals surface area contributed by atoms with Gasteiger partial charge in [0, 0.05) is 25.0 Å². The van der Waals surface area contributed by atoms with Crippen LogP contribution in [0.4, 0.5) is 11.6 Å². The van der Waals surface area contributed by atoms with Crippen molar-refractivity contribution in [2.24, 2.45) is 5.41 Å². The zero-order valence-electron chi connectivity index (χ0n) is 24.9. The van der Waals surface area contributed by atoms with Gasteiger partial charge >= 0.3 is 0 Å². The van der Waals surface area contributed by atoms with Gasteiger partial charge in [0.2, 0.25) is 5.95 Å². The second kappa shape index (κ2) is 9.61. The molecule has 2 atom stereocenters. The Hall–Kier alpha value is -3.82. The molecule has 1 aliphatic heterocycles. The number of allylic oxidation sites excluding steroid dienone is 1. The van der Waals surface area contributed by atoms with Gasteiger partial charge in [-0.1, -0.05) is 32.9 Å². The summed E-state index contributed by atoms with van der Waals surface area (Å²) in [6.07, 6.45) is 7.53. The van der Waals surface area contributed by atoms with Crippen molar-refractivity contribution < 1.29 is 5.11 Å². The summed E-state index contributed by atoms with van der Waals surface area (Å²) in [5, 5.41) is 15.1. The molecule has 1 aromatic carbocycles. The second-order valence-corrected chi connectivity index (χ2v) is 13.3. The van der Waals surface area contributed by atoms with Crippen LogP contribution in [0.1, 0.15) is 73.9 Å². The highest BCUT2D eigenvalue weighted by molar-refractivity contribution is 5.77. The Balaban J connectivity index is 1.33. The third-order valence-electron chi connectivity index (χ3n) is 9.45. The number of aliphatic hydroxyl groups is 1. The van der Waals surface area contributed by atoms with Crippen LogP contribution in [0.5, 0.6) is 0 Å². The summed E-state index contributed by atoms with van der Waals surface area (Å²) in [5.41, 5.74) is 6.52. The van der Waals surface area contributed by atoms with E-state index in [-0.39, 0.29) is 17.5 Å². The van der Waals surface area contributed by atoms with Crippen LogP contribution in [-0.4, -0.2) is 47.9 Å². The first-order valence-electron chi connectivity index (χ1n) is 15.0. The maximum Gasteiger partial charge on any atom is 0.278 e. The molecule has 0 radical (unpaired) electrons. The highest BCUT2D eigenvalue weighted by Gasteiger charge is 2.38. The Bertz CT molecular complexity index is 1800. The molecule has 0 saturated heterocycles. The van der Waals surface area contributed by atoms with Crippen molar-refractivity contribution in [3.63, 3.8) is 0 Å². The van der Waals surface area contributed by atoms with Crippen LogP contribution in [0.2, 0.25) is 0 Å². The second-order valence-electron chi connectivity index (χ2n) is 13.3. The summed E-state index contributed by atoms with van der Waals surface area (Å²) >= 11 is 0. The van der Waals surface area contributed by atoms with Gasteiger partial charge in [0.05, 0.1) is 12.2 Å². The lowest BCUT2D eigenvalue weighted by atomic mass is 9.67. The number of nitrogens with one attached hydrogen (secondary N) is 1. The lowest BCUT2D eigenvalue weighted by molar-refractivity contribution is 0.0306. The molecule has 218 valence electrons. The number of anilines is 2. The average molecular weight is 566 g/mol. The van der Waals surface area contributed by atoms with Gasteiger partial charge in [0.1, 0.15) is 11.0 Å². The third-order valence-corrected chi connectivity index (χ3v) is 9.45. The molecule has 42 heavy (non-hydrogen) atoms. The first-order chi connectivity index (χ1) is 20.1. The van der Waals surface area contributed by atoms with E-state index in [1.54, 1.807) is 21.6 Å². The first kappa shape index (κ1) is 27.0. The van der Waals surface area contributed by atoms with E-state index in [0.29, 0.717) is 47.3 Å². The number of fused-ring (bicyclic) bond motifs is 2. The van der Waals surface area contributed by atoms with Crippen molar-refractivity contribution in [2.75, 3.05) is 18.9 Å². The van der Waals surface area contributed by atoms with E-state index >= 15 is 0 Å². The molecule has 4 heterocycles. The van der Waals surface area contributed by atoms with Gasteiger partial charge in [-0.25, -0.2) is 19.3 Å². The molecule has 3 aliphatic rings. The molecule has 0 amide bonds. The van der Waals surface area contributed by atoms with Gasteiger partial charge in [-0.15, -0.1) is 6.58 Å². The molecule has 2 unspecified atom stereocenters. The zero-order valence-corrected chi connectivity index (χ0v) is 24.9. The molecule has 2 N–H and O–H groups in total. The molecule has 9 nitrogen and oxygen atoms in total. The Morgan fingerprint density at radius 3 is 2.79 bits per heavy atom. The van der Waals surface area contributed by atoms with Gasteiger partial charge in [-0.3, -0.25) is 4.79 Å². The summed E-state index contributed by atoms with van der Waals surface area (Å²) in [6, 6.07) is 8.40. The van der Waals surface area contributed by atoms with Gasteiger partial charge < -0.3 is 15.3 Å². The van der Waals surface area contributed by atoms with Gasteiger partial charge in [0.25, 0.3) is 5.56 Å². The Labute approximate surface area is 245 Å². The standard InChI is InChI=1S/C33H39N7O2/c1-6-12-39-30(41)25-17-34-31(37-29(25)40(39)26-9-8-20-10-11-33(42,7-2)28(20)36-26)35-24-13-21-15-32(3,4)16-23-19-38(5)18-22(14-24)27(21)23/h6,8-9,13-14,17,23,42H,1,7,10-12,15-16,18-19H2,2-5H3,(H,34,35,37). The predicted molar refractivity (Wildman–Crippen MR) is 165 cm³/mol. The lowest BCUT2D eigenvalue weighted by Crippen LogP contribution is -2.37. The third kappa shape index (κ3) is 4.29. The predicted octanol–water partition coefficient (Wildman–Crippen LogP) is 4.95. The first-order valence-corrected chi connectivity index (χ1v) is 15.0. The van der Waals surface area contributed by atoms with Crippen LogP contribution in [0.3, 0.4) is 0 Å². The van der Waals surface area contributed by atoms with E-state index in [2.05, 4.69) is 54.8 Å². The fourth-order valence-corrected chi connectivity index (χ4v) is 7.64. The Morgan fingerprint density at radius 1 is 1.19 bits per heavy atom. The van der Waals surface area contributed by atoms with Gasteiger partial charge in [0.15, 0.2) is 11.5 Å². The van der Waals surface area contributed by atoms with Gasteiger partial charge in [-0.05, 0) is 90.9 Å². The minimum atomic E-state index is -0.964. The van der Waals surface area contributed by atoms with E-state index in [4.69, 9.17) is 9.97 Å². The van der Waals surface area contributed by atoms with Crippen LogP contribution in [-0.2, 0) is 31.5 Å². The fraction of sp³-hybridized carbons (Fsp3) is 0.455. The Kier molecular flexibility index (Phi) is 6.18. The molecule has 2 aliphatic carbocycles. The normalized spacial score (nSPS) is 22.6. The molecule has 7 rings (SSSR count). The van der Waals surface area contributed by atoms with E-state index in [9.17, 15) is 9.90 Å². The van der Waals surface area contributed by atoms with Crippen molar-refractivity contribution in [3.05, 3.63) is 81.4 Å². The van der Waals surface area contributed by atoms with Crippen molar-refractivity contribution in [3.8, 4) is 5.82 Å². The summed E-state index contributed by atoms with van der Waals surface area (Å²) in [4.78, 5) is 30.2. The number of aryl methyl sites for hydroxylation is 1. The molecule has 0 spiro atoms. The zero-order chi connectivity index (χ0) is 29.4. The van der Waals surface area contributed by atoms with Crippen LogP contribution < -0.4 is 10.9 Å². The number of hydrogen-bond acceptors (Lipinski definition) is 7. The molecule has 3 aromatic heterocycles. The molecule has 0 bridgehead atoms. The molecular weight excluding hydrogens is 526 g/mol. The fourth-order valence-electron chi connectivity index (χ4n) is 7.64. The van der Waals surface area contributed by atoms with Crippen LogP contribution in [0.15, 0.2) is 47.9 Å². The van der Waals surface area contributed by atoms with Crippen molar-refractivity contribution in [2.45, 2.75) is 77.5 Å². The van der Waals surface area contributed by atoms with E-state index in [1.807, 2.05) is 19.1 Å². The minimum absolute atomic E-state index is 0.209. The summed E-state index contributed by atoms with van der Waals surface area (Å²) in [6.45, 7) is 12.9. The maximum absolute atomic E-state index is 13.5. The topological polar surface area (TPSA) is 101 Å². The maximum atomic E-state index is 13.5. The minimum Gasteiger partial charge on any atom is -0.384 e. The largest absolute Gasteiger partial charge is 0.384 e. The molecule has 0 fully saturated rings. The number of pyridine rings is 1. The molecule has 9 heteroatoms. The Morgan fingerprint density at radius 2 is 2.00 bits per heavy atom. The van der Waals surface area contributed by atoms with Gasteiger partial charge in [-0.2, -0.15) is 4.98 Å². The monoisotopic (exact) mass is 565 g/mol. The van der Waals surface area contributed by atoms with Crippen LogP contribution in [0.25, 0.3) is 16.9 Å². The highest BCUT2D eigenvalue weighted by atomic mass is 16.3. The number of likely N-dealkylation sites (N-methyl/N-ethyl adjacent to an activating group) is 1. The molecule has 4 aromatic rings. The molecular formula is C33H39N7O2. The van der Waals surface area contributed by atoms with E-state index < -0.39 is 5.60 Å². The van der Waals surface area contributed by atoms with Crippen LogP contribution in [0, 0.1) is 5.41 Å². The SMILES string of the molecule is C=CCn1c(=O)c2cnc(Nc3cc4c5c(c3)CC(C)(C)CC5CN(C)C4)nc2n1-c1ccc2c(n1)C(O)(CC)CC2. The average Bonchev–Trinajstić information content (AvgIpc) is 3.41. The number of rotatable bonds is 6. The summed E-state index contributed by atoms with van der Waals surface area (Å²) in [7, 11) is 2.20. The van der Waals surface area contributed by atoms with E-state index in [0.717, 1.165) is 37.2 Å². The smallest absolute Gasteiger partial charge is 0.278 e. The highest BCUT2D eigenvalue weighted by Crippen LogP contribution is 2.47. The number of benzene rings is 1. The van der Waals surface area contributed by atoms with Crippen molar-refractivity contribution in [1.82, 2.24) is 29.2 Å². The van der Waals surface area contributed by atoms with Crippen molar-refractivity contribution in [1.29, 1.82) is 0 Å². The van der Waals surface area contributed by atoms with Crippen molar-refractivity contribution >= 4 is 22.7 Å². The number of aromatic nitrogens is 5. The molecule has 0 saturated carbocycles. The number of hydrogen-bond donors (Lipinski definition) is 2. The van der Waals surface area contributed by atoms with Crippen LogP contribution >= 0.6 is 0 Å². The quantitative estimate of drug-likeness (QED) is 0.319.